The van der Waals surface area contributed by atoms with Crippen molar-refractivity contribution >= 4 is 0 Å². The Balaban J connectivity index is 1.51. The molecule has 0 radical (unpaired) electrons. The summed E-state index contributed by atoms with van der Waals surface area (Å²) in [5.74, 6) is 0. The summed E-state index contributed by atoms with van der Waals surface area (Å²) >= 11 is 0. The van der Waals surface area contributed by atoms with Gasteiger partial charge in [0, 0.05) is 0 Å². The number of allylic oxidation sites excluding steroid dienone is 16. The topological polar surface area (TPSA) is 0 Å². The SMILES string of the molecule is CC1=C(C)C(CCCC2=C(C)C(C)=C3CC=CC=C32)=C2CC=CC=C12. The van der Waals surface area contributed by atoms with Crippen LogP contribution in [0.4, 0.5) is 0 Å². The molecule has 0 aromatic carbocycles. The Morgan fingerprint density at radius 2 is 1.28 bits per heavy atom. The first-order valence-electron chi connectivity index (χ1n) is 9.64. The van der Waals surface area contributed by atoms with Gasteiger partial charge in [-0.15, -0.1) is 0 Å². The van der Waals surface area contributed by atoms with Crippen LogP contribution < -0.4 is 0 Å². The number of hydrogen-bond acceptors (Lipinski definition) is 0. The smallest absolute Gasteiger partial charge is 0.00854 e. The lowest BCUT2D eigenvalue weighted by Crippen LogP contribution is -1.96. The third-order valence-electron chi connectivity index (χ3n) is 6.52. The molecule has 4 rings (SSSR count). The van der Waals surface area contributed by atoms with Gasteiger partial charge in [0.1, 0.15) is 0 Å². The van der Waals surface area contributed by atoms with Crippen molar-refractivity contribution in [3.8, 4) is 0 Å². The van der Waals surface area contributed by atoms with Gasteiger partial charge in [-0.3, -0.25) is 0 Å². The van der Waals surface area contributed by atoms with Crippen LogP contribution in [0.5, 0.6) is 0 Å². The van der Waals surface area contributed by atoms with Gasteiger partial charge in [0.15, 0.2) is 0 Å². The molecule has 0 saturated carbocycles. The second-order valence-corrected chi connectivity index (χ2v) is 7.69. The van der Waals surface area contributed by atoms with E-state index in [0.717, 1.165) is 12.8 Å². The molecule has 0 heteroatoms. The van der Waals surface area contributed by atoms with Crippen molar-refractivity contribution in [3.63, 3.8) is 0 Å². The lowest BCUT2D eigenvalue weighted by molar-refractivity contribution is 0.805. The summed E-state index contributed by atoms with van der Waals surface area (Å²) in [6.45, 7) is 9.22. The third kappa shape index (κ3) is 2.59. The maximum Gasteiger partial charge on any atom is -0.00854 e. The minimum absolute atomic E-state index is 1.11. The van der Waals surface area contributed by atoms with Crippen LogP contribution in [-0.4, -0.2) is 0 Å². The Morgan fingerprint density at radius 3 is 2.04 bits per heavy atom. The zero-order valence-corrected chi connectivity index (χ0v) is 16.0. The molecule has 0 aliphatic heterocycles. The predicted octanol–water partition coefficient (Wildman–Crippen LogP) is 7.22. The van der Waals surface area contributed by atoms with Gasteiger partial charge in [0.25, 0.3) is 0 Å². The molecule has 0 nitrogen and oxygen atoms in total. The van der Waals surface area contributed by atoms with E-state index in [1.165, 1.54) is 52.7 Å². The Hall–Kier alpha value is -2.08. The highest BCUT2D eigenvalue weighted by Crippen LogP contribution is 2.45. The second-order valence-electron chi connectivity index (χ2n) is 7.69. The molecular weight excluding hydrogens is 300 g/mol. The van der Waals surface area contributed by atoms with Crippen molar-refractivity contribution < 1.29 is 0 Å². The van der Waals surface area contributed by atoms with E-state index in [0.29, 0.717) is 0 Å². The molecule has 0 N–H and O–H groups in total. The zero-order chi connectivity index (χ0) is 17.6. The van der Waals surface area contributed by atoms with E-state index in [1.807, 2.05) is 0 Å². The van der Waals surface area contributed by atoms with Gasteiger partial charge in [0.05, 0.1) is 0 Å². The average Bonchev–Trinajstić information content (AvgIpc) is 3.03. The minimum Gasteiger partial charge on any atom is -0.0801 e. The molecule has 0 fully saturated rings. The van der Waals surface area contributed by atoms with Crippen molar-refractivity contribution in [3.05, 3.63) is 92.2 Å². The van der Waals surface area contributed by atoms with Crippen LogP contribution in [0.25, 0.3) is 0 Å². The first-order valence-corrected chi connectivity index (χ1v) is 9.64. The van der Waals surface area contributed by atoms with Gasteiger partial charge in [-0.1, -0.05) is 36.5 Å². The Morgan fingerprint density at radius 1 is 0.640 bits per heavy atom. The lowest BCUT2D eigenvalue weighted by atomic mass is 9.90. The summed E-state index contributed by atoms with van der Waals surface area (Å²) in [6.07, 6.45) is 19.5. The van der Waals surface area contributed by atoms with Crippen LogP contribution in [0.3, 0.4) is 0 Å². The van der Waals surface area contributed by atoms with Gasteiger partial charge < -0.3 is 0 Å². The predicted molar refractivity (Wildman–Crippen MR) is 108 cm³/mol. The molecule has 0 spiro atoms. The third-order valence-corrected chi connectivity index (χ3v) is 6.52. The fraction of sp³-hybridized carbons (Fsp3) is 0.360. The summed E-state index contributed by atoms with van der Waals surface area (Å²) < 4.78 is 0. The first-order chi connectivity index (χ1) is 12.1. The highest BCUT2D eigenvalue weighted by atomic mass is 14.3. The fourth-order valence-corrected chi connectivity index (χ4v) is 4.81. The molecule has 0 heterocycles. The Kier molecular flexibility index (Phi) is 4.15. The Labute approximate surface area is 152 Å². The second kappa shape index (κ2) is 6.33. The van der Waals surface area contributed by atoms with Crippen LogP contribution in [0.1, 0.15) is 59.8 Å². The number of fused-ring (bicyclic) bond motifs is 2. The molecule has 128 valence electrons. The summed E-state index contributed by atoms with van der Waals surface area (Å²) in [5, 5.41) is 0. The van der Waals surface area contributed by atoms with Crippen molar-refractivity contribution in [2.24, 2.45) is 0 Å². The van der Waals surface area contributed by atoms with Crippen LogP contribution >= 0.6 is 0 Å². The molecule has 0 amide bonds. The summed E-state index contributed by atoms with van der Waals surface area (Å²) in [7, 11) is 0. The van der Waals surface area contributed by atoms with Gasteiger partial charge in [0.2, 0.25) is 0 Å². The molecule has 0 aromatic heterocycles. The van der Waals surface area contributed by atoms with E-state index in [-0.39, 0.29) is 0 Å². The molecule has 0 atom stereocenters. The van der Waals surface area contributed by atoms with E-state index in [4.69, 9.17) is 0 Å². The van der Waals surface area contributed by atoms with Crippen LogP contribution in [0.2, 0.25) is 0 Å². The average molecular weight is 328 g/mol. The van der Waals surface area contributed by atoms with Crippen molar-refractivity contribution in [2.75, 3.05) is 0 Å². The van der Waals surface area contributed by atoms with E-state index < -0.39 is 0 Å². The summed E-state index contributed by atoms with van der Waals surface area (Å²) in [4.78, 5) is 0. The minimum atomic E-state index is 1.11. The van der Waals surface area contributed by atoms with Crippen LogP contribution in [0, 0.1) is 0 Å². The van der Waals surface area contributed by atoms with Gasteiger partial charge in [-0.25, -0.2) is 0 Å². The molecule has 0 unspecified atom stereocenters. The quantitative estimate of drug-likeness (QED) is 0.511. The summed E-state index contributed by atoms with van der Waals surface area (Å²) in [6, 6.07) is 0. The van der Waals surface area contributed by atoms with Crippen molar-refractivity contribution in [1.82, 2.24) is 0 Å². The molecule has 0 bridgehead atoms. The molecule has 0 saturated heterocycles. The fourth-order valence-electron chi connectivity index (χ4n) is 4.81. The number of rotatable bonds is 4. The maximum atomic E-state index is 2.33. The highest BCUT2D eigenvalue weighted by molar-refractivity contribution is 5.66. The highest BCUT2D eigenvalue weighted by Gasteiger charge is 2.26. The summed E-state index contributed by atoms with van der Waals surface area (Å²) in [5.41, 5.74) is 15.4. The zero-order valence-electron chi connectivity index (χ0n) is 16.0. The van der Waals surface area contributed by atoms with E-state index in [2.05, 4.69) is 64.2 Å². The van der Waals surface area contributed by atoms with Gasteiger partial charge in [-0.2, -0.15) is 0 Å². The van der Waals surface area contributed by atoms with Gasteiger partial charge in [-0.05, 0) is 116 Å². The molecule has 4 aliphatic carbocycles. The molecule has 0 aromatic rings. The molecule has 25 heavy (non-hydrogen) atoms. The van der Waals surface area contributed by atoms with E-state index in [1.54, 1.807) is 22.3 Å². The van der Waals surface area contributed by atoms with Crippen molar-refractivity contribution in [1.29, 1.82) is 0 Å². The number of hydrogen-bond donors (Lipinski definition) is 0. The first kappa shape index (κ1) is 16.4. The lowest BCUT2D eigenvalue weighted by Gasteiger charge is -2.14. The largest absolute Gasteiger partial charge is 0.0801 e. The van der Waals surface area contributed by atoms with E-state index >= 15 is 0 Å². The van der Waals surface area contributed by atoms with Crippen LogP contribution in [0.15, 0.2) is 92.2 Å². The maximum absolute atomic E-state index is 2.33. The monoisotopic (exact) mass is 328 g/mol. The molecular formula is C25H28. The molecule has 4 aliphatic rings. The normalized spacial score (nSPS) is 22.1. The van der Waals surface area contributed by atoms with Crippen molar-refractivity contribution in [2.45, 2.75) is 59.8 Å². The van der Waals surface area contributed by atoms with Gasteiger partial charge >= 0.3 is 0 Å². The van der Waals surface area contributed by atoms with Crippen LogP contribution in [-0.2, 0) is 0 Å². The Bertz CT molecular complexity index is 882. The van der Waals surface area contributed by atoms with E-state index in [9.17, 15) is 0 Å². The standard InChI is InChI=1S/C25H28/c1-16-18(3)22(24-12-7-5-10-20(16)24)14-9-15-23-19(4)17(2)21-11-6-8-13-25(21)23/h5-8,10,13H,9,11-12,14-15H2,1-4H3.